The molecule has 0 bridgehead atoms. The summed E-state index contributed by atoms with van der Waals surface area (Å²) in [6, 6.07) is 10.9. The van der Waals surface area contributed by atoms with Gasteiger partial charge in [0.1, 0.15) is 5.69 Å². The first kappa shape index (κ1) is 23.9. The molecule has 0 radical (unpaired) electrons. The van der Waals surface area contributed by atoms with E-state index in [1.165, 1.54) is 61.7 Å². The molecule has 2 fully saturated rings. The minimum atomic E-state index is 0.926. The van der Waals surface area contributed by atoms with E-state index in [1.807, 2.05) is 24.8 Å². The van der Waals surface area contributed by atoms with E-state index in [-0.39, 0.29) is 0 Å². The molecule has 5 heterocycles. The summed E-state index contributed by atoms with van der Waals surface area (Å²) in [7, 11) is 0. The highest BCUT2D eigenvalue weighted by Gasteiger charge is 2.19. The zero-order chi connectivity index (χ0) is 26.2. The van der Waals surface area contributed by atoms with Crippen molar-refractivity contribution < 1.29 is 0 Å². The molecular formula is C32H35N7. The predicted molar refractivity (Wildman–Crippen MR) is 160 cm³/mol. The Morgan fingerprint density at radius 3 is 2.62 bits per heavy atom. The van der Waals surface area contributed by atoms with Crippen molar-refractivity contribution in [3.63, 3.8) is 0 Å². The fraction of sp³-hybridized carbons (Fsp3) is 0.344. The number of aromatic amines is 2. The van der Waals surface area contributed by atoms with Gasteiger partial charge in [0, 0.05) is 41.3 Å². The van der Waals surface area contributed by atoms with Gasteiger partial charge in [-0.05, 0) is 74.8 Å². The number of allylic oxidation sites excluding steroid dienone is 2. The lowest BCUT2D eigenvalue weighted by Crippen LogP contribution is -2.29. The third kappa shape index (κ3) is 4.78. The minimum Gasteiger partial charge on any atom is -0.370 e. The van der Waals surface area contributed by atoms with Crippen molar-refractivity contribution in [3.05, 3.63) is 66.4 Å². The number of H-pyrrole nitrogens is 2. The molecule has 0 unspecified atom stereocenters. The van der Waals surface area contributed by atoms with Crippen LogP contribution in [0.2, 0.25) is 0 Å². The summed E-state index contributed by atoms with van der Waals surface area (Å²) in [5.41, 5.74) is 11.4. The average molecular weight is 518 g/mol. The summed E-state index contributed by atoms with van der Waals surface area (Å²) in [6.45, 7) is 4.43. The Morgan fingerprint density at radius 1 is 0.897 bits per heavy atom. The monoisotopic (exact) mass is 517 g/mol. The third-order valence-corrected chi connectivity index (χ3v) is 8.11. The Labute approximate surface area is 228 Å². The van der Waals surface area contributed by atoms with Gasteiger partial charge in [-0.15, -0.1) is 0 Å². The Morgan fingerprint density at radius 2 is 1.77 bits per heavy atom. The number of benzene rings is 1. The van der Waals surface area contributed by atoms with Gasteiger partial charge in [0.25, 0.3) is 0 Å². The lowest BCUT2D eigenvalue weighted by Gasteiger charge is -2.28. The molecule has 7 nitrogen and oxygen atoms in total. The largest absolute Gasteiger partial charge is 0.370 e. The maximum atomic E-state index is 4.73. The first-order valence-corrected chi connectivity index (χ1v) is 14.4. The van der Waals surface area contributed by atoms with Gasteiger partial charge in [0.15, 0.2) is 0 Å². The molecule has 0 atom stereocenters. The second kappa shape index (κ2) is 10.2. The molecule has 7 rings (SSSR count). The number of unbranched alkanes of at least 4 members (excludes halogenated alkanes) is 1. The first-order chi connectivity index (χ1) is 19.3. The standard InChI is InChI=1S/C32H35N7/c1-2-3-7-27(21-8-9-21)35-24-14-23(17-33-18-24)22-10-11-28-26(15-22)32(38-37-28)29-16-25-30(36-29)19-34-20-31(25)39-12-5-4-6-13-39/h10-11,14-20,35-36H,2-9,12-13H2,1H3,(H,37,38). The Hall–Kier alpha value is -4.13. The summed E-state index contributed by atoms with van der Waals surface area (Å²) in [4.78, 5) is 15.2. The molecule has 2 aliphatic rings. The molecule has 39 heavy (non-hydrogen) atoms. The van der Waals surface area contributed by atoms with Gasteiger partial charge in [-0.25, -0.2) is 0 Å². The number of piperidine rings is 1. The van der Waals surface area contributed by atoms with Gasteiger partial charge in [-0.3, -0.25) is 15.1 Å². The molecule has 7 heteroatoms. The number of hydrogen-bond donors (Lipinski definition) is 3. The minimum absolute atomic E-state index is 0.926. The van der Waals surface area contributed by atoms with Crippen molar-refractivity contribution in [1.29, 1.82) is 0 Å². The maximum Gasteiger partial charge on any atom is 0.116 e. The van der Waals surface area contributed by atoms with E-state index in [0.29, 0.717) is 0 Å². The van der Waals surface area contributed by atoms with Crippen LogP contribution in [0.3, 0.4) is 0 Å². The van der Waals surface area contributed by atoms with E-state index < -0.39 is 0 Å². The van der Waals surface area contributed by atoms with Crippen LogP contribution in [0.4, 0.5) is 11.4 Å². The molecule has 1 aliphatic carbocycles. The fourth-order valence-corrected chi connectivity index (χ4v) is 5.84. The van der Waals surface area contributed by atoms with Crippen molar-refractivity contribution in [1.82, 2.24) is 25.1 Å². The Bertz CT molecular complexity index is 1660. The number of hydrogen-bond acceptors (Lipinski definition) is 5. The molecule has 1 saturated heterocycles. The first-order valence-electron chi connectivity index (χ1n) is 14.4. The molecule has 198 valence electrons. The summed E-state index contributed by atoms with van der Waals surface area (Å²) < 4.78 is 0. The lowest BCUT2D eigenvalue weighted by molar-refractivity contribution is 0.578. The van der Waals surface area contributed by atoms with Gasteiger partial charge < -0.3 is 15.2 Å². The normalized spacial score (nSPS) is 15.3. The van der Waals surface area contributed by atoms with Crippen molar-refractivity contribution >= 4 is 33.2 Å². The molecule has 0 spiro atoms. The number of nitrogens with one attached hydrogen (secondary N) is 3. The van der Waals surface area contributed by atoms with Crippen LogP contribution < -0.4 is 10.2 Å². The van der Waals surface area contributed by atoms with Gasteiger partial charge >= 0.3 is 0 Å². The zero-order valence-electron chi connectivity index (χ0n) is 22.6. The number of nitrogens with zero attached hydrogens (tertiary/aromatic N) is 4. The number of pyridine rings is 2. The second-order valence-corrected chi connectivity index (χ2v) is 11.0. The van der Waals surface area contributed by atoms with Crippen LogP contribution in [0.5, 0.6) is 0 Å². The van der Waals surface area contributed by atoms with E-state index in [9.17, 15) is 0 Å². The van der Waals surface area contributed by atoms with E-state index in [0.717, 1.165) is 64.1 Å². The highest BCUT2D eigenvalue weighted by atomic mass is 15.1. The van der Waals surface area contributed by atoms with E-state index in [4.69, 9.17) is 5.10 Å². The van der Waals surface area contributed by atoms with Crippen LogP contribution in [-0.4, -0.2) is 38.2 Å². The average Bonchev–Trinajstić information content (AvgIpc) is 3.60. The lowest BCUT2D eigenvalue weighted by atomic mass is 10.0. The number of fused-ring (bicyclic) bond motifs is 2. The molecule has 0 amide bonds. The van der Waals surface area contributed by atoms with E-state index in [2.05, 4.69) is 67.5 Å². The van der Waals surface area contributed by atoms with Crippen molar-refractivity contribution in [3.8, 4) is 22.5 Å². The van der Waals surface area contributed by atoms with Crippen LogP contribution in [0.1, 0.15) is 58.3 Å². The SMILES string of the molecule is CCCCC(Nc1cncc(-c2ccc3[nH]nc(-c4cc5c(N6CCCCC6)cncc5[nH]4)c3c2)c1)=C1CC1. The molecule has 1 aromatic carbocycles. The fourth-order valence-electron chi connectivity index (χ4n) is 5.84. The van der Waals surface area contributed by atoms with Crippen molar-refractivity contribution in [2.75, 3.05) is 23.3 Å². The Balaban J connectivity index is 1.22. The van der Waals surface area contributed by atoms with Gasteiger partial charge in [0.2, 0.25) is 0 Å². The number of anilines is 2. The predicted octanol–water partition coefficient (Wildman–Crippen LogP) is 7.81. The van der Waals surface area contributed by atoms with Crippen molar-refractivity contribution in [2.24, 2.45) is 0 Å². The van der Waals surface area contributed by atoms with Crippen LogP contribution >= 0.6 is 0 Å². The highest BCUT2D eigenvalue weighted by molar-refractivity contribution is 6.00. The topological polar surface area (TPSA) is 85.5 Å². The zero-order valence-corrected chi connectivity index (χ0v) is 22.6. The third-order valence-electron chi connectivity index (χ3n) is 8.11. The van der Waals surface area contributed by atoms with Crippen molar-refractivity contribution in [2.45, 2.75) is 58.3 Å². The Kier molecular flexibility index (Phi) is 6.27. The second-order valence-electron chi connectivity index (χ2n) is 11.0. The van der Waals surface area contributed by atoms with Crippen LogP contribution in [0, 0.1) is 0 Å². The molecule has 1 aliphatic heterocycles. The smallest absolute Gasteiger partial charge is 0.116 e. The van der Waals surface area contributed by atoms with Gasteiger partial charge in [-0.2, -0.15) is 5.10 Å². The van der Waals surface area contributed by atoms with Crippen LogP contribution in [-0.2, 0) is 0 Å². The van der Waals surface area contributed by atoms with Gasteiger partial charge in [-0.1, -0.05) is 25.0 Å². The quantitative estimate of drug-likeness (QED) is 0.195. The molecular weight excluding hydrogens is 482 g/mol. The summed E-state index contributed by atoms with van der Waals surface area (Å²) in [5, 5.41) is 13.9. The van der Waals surface area contributed by atoms with E-state index in [1.54, 1.807) is 5.57 Å². The molecule has 5 aromatic rings. The van der Waals surface area contributed by atoms with Crippen LogP contribution in [0.25, 0.3) is 44.3 Å². The van der Waals surface area contributed by atoms with Gasteiger partial charge in [0.05, 0.1) is 46.7 Å². The van der Waals surface area contributed by atoms with E-state index >= 15 is 0 Å². The maximum absolute atomic E-state index is 4.73. The summed E-state index contributed by atoms with van der Waals surface area (Å²) in [5.74, 6) is 0. The summed E-state index contributed by atoms with van der Waals surface area (Å²) >= 11 is 0. The molecule has 3 N–H and O–H groups in total. The number of rotatable bonds is 8. The van der Waals surface area contributed by atoms with Crippen LogP contribution in [0.15, 0.2) is 66.4 Å². The number of aromatic nitrogens is 5. The highest BCUT2D eigenvalue weighted by Crippen LogP contribution is 2.37. The summed E-state index contributed by atoms with van der Waals surface area (Å²) in [6.07, 6.45) is 17.6. The molecule has 1 saturated carbocycles. The molecule has 4 aromatic heterocycles.